The summed E-state index contributed by atoms with van der Waals surface area (Å²) in [5, 5.41) is 17.8. The normalized spacial score (nSPS) is 18.9. The minimum absolute atomic E-state index is 0.0250. The number of aromatic hydroxyl groups is 1. The molecule has 0 aliphatic heterocycles. The number of aryl methyl sites for hydroxylation is 1. The number of halogens is 1. The zero-order chi connectivity index (χ0) is 11.0. The first-order valence-corrected chi connectivity index (χ1v) is 4.81. The molecule has 0 saturated carbocycles. The number of rotatable bonds is 2. The molecular weight excluding hydrogens is 199 g/mol. The minimum Gasteiger partial charge on any atom is -0.505 e. The maximum atomic E-state index is 13.1. The van der Waals surface area contributed by atoms with E-state index in [1.54, 1.807) is 0 Å². The van der Waals surface area contributed by atoms with Crippen molar-refractivity contribution in [2.24, 2.45) is 0 Å². The van der Waals surface area contributed by atoms with Crippen LogP contribution in [-0.4, -0.2) is 16.2 Å². The lowest BCUT2D eigenvalue weighted by Crippen LogP contribution is -2.03. The summed E-state index contributed by atoms with van der Waals surface area (Å²) in [5.74, 6) is -2.02. The van der Waals surface area contributed by atoms with Crippen molar-refractivity contribution in [1.29, 1.82) is 0 Å². The molecule has 0 heterocycles. The third kappa shape index (κ3) is 1.79. The Morgan fingerprint density at radius 3 is 2.93 bits per heavy atom. The van der Waals surface area contributed by atoms with Crippen LogP contribution in [0.5, 0.6) is 5.75 Å². The second kappa shape index (κ2) is 3.53. The summed E-state index contributed by atoms with van der Waals surface area (Å²) >= 11 is 0. The van der Waals surface area contributed by atoms with Crippen LogP contribution in [-0.2, 0) is 11.2 Å². The average molecular weight is 210 g/mol. The highest BCUT2D eigenvalue weighted by Gasteiger charge is 2.26. The van der Waals surface area contributed by atoms with Gasteiger partial charge in [-0.15, -0.1) is 0 Å². The van der Waals surface area contributed by atoms with Crippen molar-refractivity contribution in [3.8, 4) is 5.75 Å². The number of aliphatic carboxylic acids is 1. The van der Waals surface area contributed by atoms with Crippen molar-refractivity contribution in [2.45, 2.75) is 25.2 Å². The first-order chi connectivity index (χ1) is 7.08. The molecule has 0 aromatic heterocycles. The van der Waals surface area contributed by atoms with E-state index in [9.17, 15) is 9.18 Å². The molecular formula is C11H11FO3. The number of phenols is 1. The molecule has 1 aliphatic carbocycles. The van der Waals surface area contributed by atoms with Crippen LogP contribution in [0, 0.1) is 5.82 Å². The number of hydrogen-bond donors (Lipinski definition) is 2. The van der Waals surface area contributed by atoms with Crippen LogP contribution in [0.4, 0.5) is 4.39 Å². The fourth-order valence-corrected chi connectivity index (χ4v) is 2.13. The Labute approximate surface area is 86.2 Å². The molecule has 3 nitrogen and oxygen atoms in total. The van der Waals surface area contributed by atoms with Gasteiger partial charge in [-0.05, 0) is 42.0 Å². The summed E-state index contributed by atoms with van der Waals surface area (Å²) in [5.41, 5.74) is 1.59. The average Bonchev–Trinajstić information content (AvgIpc) is 2.49. The molecule has 1 aromatic carbocycles. The zero-order valence-electron chi connectivity index (χ0n) is 8.03. The van der Waals surface area contributed by atoms with Crippen molar-refractivity contribution >= 4 is 5.97 Å². The number of fused-ring (bicyclic) bond motifs is 1. The summed E-state index contributed by atoms with van der Waals surface area (Å²) in [6.07, 6.45) is 1.45. The third-order valence-corrected chi connectivity index (χ3v) is 2.83. The third-order valence-electron chi connectivity index (χ3n) is 2.83. The molecule has 0 spiro atoms. The van der Waals surface area contributed by atoms with Crippen LogP contribution in [0.3, 0.4) is 0 Å². The molecule has 0 radical (unpaired) electrons. The van der Waals surface area contributed by atoms with Crippen LogP contribution in [0.15, 0.2) is 12.1 Å². The van der Waals surface area contributed by atoms with Gasteiger partial charge >= 0.3 is 5.97 Å². The lowest BCUT2D eigenvalue weighted by atomic mass is 9.98. The summed E-state index contributed by atoms with van der Waals surface area (Å²) < 4.78 is 13.1. The van der Waals surface area contributed by atoms with Gasteiger partial charge in [0.15, 0.2) is 11.6 Å². The topological polar surface area (TPSA) is 57.5 Å². The Morgan fingerprint density at radius 2 is 2.27 bits per heavy atom. The van der Waals surface area contributed by atoms with Gasteiger partial charge in [0.05, 0.1) is 6.42 Å². The Hall–Kier alpha value is -1.58. The molecule has 0 fully saturated rings. The van der Waals surface area contributed by atoms with E-state index in [0.29, 0.717) is 12.8 Å². The molecule has 0 bridgehead atoms. The van der Waals surface area contributed by atoms with E-state index >= 15 is 0 Å². The maximum absolute atomic E-state index is 13.1. The van der Waals surface area contributed by atoms with E-state index in [-0.39, 0.29) is 18.1 Å². The van der Waals surface area contributed by atoms with Gasteiger partial charge in [0.1, 0.15) is 0 Å². The highest BCUT2D eigenvalue weighted by molar-refractivity contribution is 5.68. The van der Waals surface area contributed by atoms with Crippen molar-refractivity contribution in [3.63, 3.8) is 0 Å². The Balaban J connectivity index is 2.34. The minimum atomic E-state index is -0.874. The van der Waals surface area contributed by atoms with E-state index in [4.69, 9.17) is 10.2 Å². The van der Waals surface area contributed by atoms with Crippen LogP contribution in [0.1, 0.15) is 29.9 Å². The molecule has 1 aliphatic rings. The van der Waals surface area contributed by atoms with E-state index < -0.39 is 11.8 Å². The molecule has 15 heavy (non-hydrogen) atoms. The molecule has 80 valence electrons. The number of benzene rings is 1. The van der Waals surface area contributed by atoms with Crippen LogP contribution < -0.4 is 0 Å². The highest BCUT2D eigenvalue weighted by Crippen LogP contribution is 2.38. The second-order valence-corrected chi connectivity index (χ2v) is 3.84. The van der Waals surface area contributed by atoms with Crippen molar-refractivity contribution < 1.29 is 19.4 Å². The van der Waals surface area contributed by atoms with E-state index in [1.165, 1.54) is 12.1 Å². The van der Waals surface area contributed by atoms with Gasteiger partial charge in [0.2, 0.25) is 0 Å². The maximum Gasteiger partial charge on any atom is 0.303 e. The Morgan fingerprint density at radius 1 is 1.53 bits per heavy atom. The molecule has 4 heteroatoms. The van der Waals surface area contributed by atoms with Gasteiger partial charge in [-0.3, -0.25) is 4.79 Å². The van der Waals surface area contributed by atoms with Gasteiger partial charge in [0, 0.05) is 0 Å². The van der Waals surface area contributed by atoms with E-state index in [2.05, 4.69) is 0 Å². The smallest absolute Gasteiger partial charge is 0.303 e. The zero-order valence-corrected chi connectivity index (χ0v) is 8.03. The number of carboxylic acids is 1. The number of carbonyl (C=O) groups is 1. The lowest BCUT2D eigenvalue weighted by molar-refractivity contribution is -0.137. The molecule has 0 saturated heterocycles. The molecule has 1 aromatic rings. The number of hydrogen-bond acceptors (Lipinski definition) is 2. The predicted octanol–water partition coefficient (Wildman–Crippen LogP) is 2.04. The molecule has 1 unspecified atom stereocenters. The number of phenolic OH excluding ortho intramolecular Hbond substituents is 1. The van der Waals surface area contributed by atoms with E-state index in [0.717, 1.165) is 11.1 Å². The highest BCUT2D eigenvalue weighted by atomic mass is 19.1. The second-order valence-electron chi connectivity index (χ2n) is 3.84. The fourth-order valence-electron chi connectivity index (χ4n) is 2.13. The Bertz CT molecular complexity index is 415. The van der Waals surface area contributed by atoms with Crippen LogP contribution >= 0.6 is 0 Å². The van der Waals surface area contributed by atoms with Crippen molar-refractivity contribution in [3.05, 3.63) is 29.1 Å². The van der Waals surface area contributed by atoms with Crippen LogP contribution in [0.25, 0.3) is 0 Å². The predicted molar refractivity (Wildman–Crippen MR) is 51.4 cm³/mol. The SMILES string of the molecule is O=C(O)CC1CCc2cc(O)c(F)cc21. The van der Waals surface area contributed by atoms with E-state index in [1.807, 2.05) is 0 Å². The first-order valence-electron chi connectivity index (χ1n) is 4.81. The van der Waals surface area contributed by atoms with Gasteiger partial charge < -0.3 is 10.2 Å². The van der Waals surface area contributed by atoms with Gasteiger partial charge in [-0.25, -0.2) is 4.39 Å². The molecule has 2 N–H and O–H groups in total. The molecule has 1 atom stereocenters. The van der Waals surface area contributed by atoms with Crippen molar-refractivity contribution in [2.75, 3.05) is 0 Å². The van der Waals surface area contributed by atoms with Gasteiger partial charge in [-0.2, -0.15) is 0 Å². The molecule has 0 amide bonds. The lowest BCUT2D eigenvalue weighted by Gasteiger charge is -2.08. The largest absolute Gasteiger partial charge is 0.505 e. The fraction of sp³-hybridized carbons (Fsp3) is 0.364. The summed E-state index contributed by atoms with van der Waals surface area (Å²) in [6.45, 7) is 0. The Kier molecular flexibility index (Phi) is 2.34. The van der Waals surface area contributed by atoms with Crippen LogP contribution in [0.2, 0.25) is 0 Å². The monoisotopic (exact) mass is 210 g/mol. The molecule has 2 rings (SSSR count). The summed E-state index contributed by atoms with van der Waals surface area (Å²) in [4.78, 5) is 10.6. The summed E-state index contributed by atoms with van der Waals surface area (Å²) in [6, 6.07) is 2.65. The van der Waals surface area contributed by atoms with Gasteiger partial charge in [0.25, 0.3) is 0 Å². The summed E-state index contributed by atoms with van der Waals surface area (Å²) in [7, 11) is 0. The van der Waals surface area contributed by atoms with Gasteiger partial charge in [-0.1, -0.05) is 0 Å². The standard InChI is InChI=1S/C11H11FO3/c12-9-5-8-6(3-10(9)13)1-2-7(8)4-11(14)15/h3,5,7,13H,1-2,4H2,(H,14,15). The van der Waals surface area contributed by atoms with Crippen molar-refractivity contribution in [1.82, 2.24) is 0 Å². The first kappa shape index (κ1) is 9.96. The quantitative estimate of drug-likeness (QED) is 0.785. The number of carboxylic acid groups (broad SMARTS) is 1.